The van der Waals surface area contributed by atoms with Gasteiger partial charge in [0.15, 0.2) is 6.61 Å². The second-order valence-electron chi connectivity index (χ2n) is 5.19. The van der Waals surface area contributed by atoms with Crippen LogP contribution in [-0.2, 0) is 4.79 Å². The molecule has 4 heteroatoms. The van der Waals surface area contributed by atoms with Crippen LogP contribution in [0.3, 0.4) is 0 Å². The lowest BCUT2D eigenvalue weighted by molar-refractivity contribution is -0.131. The first kappa shape index (κ1) is 16.0. The number of amides is 1. The van der Waals surface area contributed by atoms with Gasteiger partial charge in [0.2, 0.25) is 0 Å². The van der Waals surface area contributed by atoms with Crippen LogP contribution in [0.4, 0.5) is 0 Å². The molecule has 0 aliphatic rings. The van der Waals surface area contributed by atoms with Gasteiger partial charge in [0.1, 0.15) is 5.75 Å². The first-order valence-electron chi connectivity index (χ1n) is 6.80. The van der Waals surface area contributed by atoms with Crippen LogP contribution in [-0.4, -0.2) is 31.0 Å². The van der Waals surface area contributed by atoms with Crippen molar-refractivity contribution in [3.05, 3.63) is 29.3 Å². The van der Waals surface area contributed by atoms with E-state index in [1.54, 1.807) is 7.05 Å². The average Bonchev–Trinajstić information content (AvgIpc) is 2.43. The van der Waals surface area contributed by atoms with E-state index in [2.05, 4.69) is 19.9 Å². The lowest BCUT2D eigenvalue weighted by atomic mass is 10.0. The maximum Gasteiger partial charge on any atom is 0.260 e. The fraction of sp³-hybridized carbons (Fsp3) is 0.500. The van der Waals surface area contributed by atoms with Crippen molar-refractivity contribution in [2.24, 2.45) is 0 Å². The zero-order valence-electron chi connectivity index (χ0n) is 12.6. The lowest BCUT2D eigenvalue weighted by Gasteiger charge is -2.17. The Morgan fingerprint density at radius 3 is 2.75 bits per heavy atom. The predicted octanol–water partition coefficient (Wildman–Crippen LogP) is 2.87. The Balaban J connectivity index is 2.63. The summed E-state index contributed by atoms with van der Waals surface area (Å²) in [6, 6.07) is 8.10. The van der Waals surface area contributed by atoms with Crippen molar-refractivity contribution in [1.29, 1.82) is 5.26 Å². The van der Waals surface area contributed by atoms with E-state index in [0.717, 1.165) is 11.3 Å². The van der Waals surface area contributed by atoms with Gasteiger partial charge in [-0.1, -0.05) is 26.0 Å². The topological polar surface area (TPSA) is 53.3 Å². The molecular weight excluding hydrogens is 252 g/mol. The third-order valence-electron chi connectivity index (χ3n) is 3.21. The van der Waals surface area contributed by atoms with Crippen LogP contribution < -0.4 is 4.74 Å². The Morgan fingerprint density at radius 2 is 2.15 bits per heavy atom. The summed E-state index contributed by atoms with van der Waals surface area (Å²) >= 11 is 0. The molecule has 108 valence electrons. The van der Waals surface area contributed by atoms with Crippen LogP contribution in [0.1, 0.15) is 37.3 Å². The Kier molecular flexibility index (Phi) is 6.05. The molecule has 4 nitrogen and oxygen atoms in total. The maximum atomic E-state index is 11.8. The molecule has 0 spiro atoms. The van der Waals surface area contributed by atoms with Crippen molar-refractivity contribution in [2.45, 2.75) is 33.1 Å². The molecule has 0 aliphatic carbocycles. The second kappa shape index (κ2) is 7.54. The number of hydrogen-bond acceptors (Lipinski definition) is 3. The minimum absolute atomic E-state index is 0.00428. The SMILES string of the molecule is Cc1ccc(C(C)C)cc1OCC(=O)N(C)CCC#N. The van der Waals surface area contributed by atoms with Crippen molar-refractivity contribution in [1.82, 2.24) is 4.90 Å². The highest BCUT2D eigenvalue weighted by Gasteiger charge is 2.11. The van der Waals surface area contributed by atoms with Gasteiger partial charge in [0, 0.05) is 13.6 Å². The highest BCUT2D eigenvalue weighted by atomic mass is 16.5. The van der Waals surface area contributed by atoms with Crippen LogP contribution >= 0.6 is 0 Å². The van der Waals surface area contributed by atoms with E-state index in [0.29, 0.717) is 18.9 Å². The fourth-order valence-electron chi connectivity index (χ4n) is 1.72. The van der Waals surface area contributed by atoms with Crippen LogP contribution in [0.5, 0.6) is 5.75 Å². The van der Waals surface area contributed by atoms with Crippen molar-refractivity contribution >= 4 is 5.91 Å². The molecule has 0 saturated carbocycles. The summed E-state index contributed by atoms with van der Waals surface area (Å²) in [5.41, 5.74) is 2.21. The van der Waals surface area contributed by atoms with Crippen molar-refractivity contribution in [3.63, 3.8) is 0 Å². The third kappa shape index (κ3) is 4.58. The first-order valence-corrected chi connectivity index (χ1v) is 6.80. The van der Waals surface area contributed by atoms with E-state index >= 15 is 0 Å². The summed E-state index contributed by atoms with van der Waals surface area (Å²) in [6.07, 6.45) is 0.337. The summed E-state index contributed by atoms with van der Waals surface area (Å²) in [6.45, 7) is 6.64. The number of rotatable bonds is 6. The zero-order chi connectivity index (χ0) is 15.1. The molecule has 1 aromatic rings. The smallest absolute Gasteiger partial charge is 0.260 e. The molecule has 0 bridgehead atoms. The fourth-order valence-corrected chi connectivity index (χ4v) is 1.72. The Bertz CT molecular complexity index is 504. The van der Waals surface area contributed by atoms with E-state index in [4.69, 9.17) is 10.00 Å². The molecule has 0 aliphatic heterocycles. The molecule has 1 amide bonds. The number of carbonyl (C=O) groups excluding carboxylic acids is 1. The number of nitriles is 1. The van der Waals surface area contributed by atoms with Gasteiger partial charge >= 0.3 is 0 Å². The van der Waals surface area contributed by atoms with Crippen LogP contribution in [0.2, 0.25) is 0 Å². The van der Waals surface area contributed by atoms with E-state index in [9.17, 15) is 4.79 Å². The van der Waals surface area contributed by atoms with Crippen LogP contribution in [0.25, 0.3) is 0 Å². The third-order valence-corrected chi connectivity index (χ3v) is 3.21. The molecule has 0 aromatic heterocycles. The quantitative estimate of drug-likeness (QED) is 0.801. The molecular formula is C16H22N2O2. The van der Waals surface area contributed by atoms with Gasteiger partial charge in [-0.25, -0.2) is 0 Å². The maximum absolute atomic E-state index is 11.8. The van der Waals surface area contributed by atoms with Crippen LogP contribution in [0, 0.1) is 18.3 Å². The number of carbonyl (C=O) groups is 1. The van der Waals surface area contributed by atoms with Gasteiger partial charge < -0.3 is 9.64 Å². The molecule has 0 saturated heterocycles. The molecule has 0 radical (unpaired) electrons. The van der Waals surface area contributed by atoms with Gasteiger partial charge in [0.25, 0.3) is 5.91 Å². The predicted molar refractivity (Wildman–Crippen MR) is 78.6 cm³/mol. The van der Waals surface area contributed by atoms with E-state index in [-0.39, 0.29) is 12.5 Å². The summed E-state index contributed by atoms with van der Waals surface area (Å²) in [4.78, 5) is 13.4. The molecule has 1 rings (SSSR count). The summed E-state index contributed by atoms with van der Waals surface area (Å²) < 4.78 is 5.62. The number of ether oxygens (including phenoxy) is 1. The highest BCUT2D eigenvalue weighted by molar-refractivity contribution is 5.77. The summed E-state index contributed by atoms with van der Waals surface area (Å²) in [7, 11) is 1.68. The number of nitrogens with zero attached hydrogens (tertiary/aromatic N) is 2. The van der Waals surface area contributed by atoms with E-state index in [1.807, 2.05) is 25.1 Å². The van der Waals surface area contributed by atoms with Gasteiger partial charge in [-0.2, -0.15) is 5.26 Å². The Hall–Kier alpha value is -2.02. The van der Waals surface area contributed by atoms with E-state index in [1.165, 1.54) is 10.5 Å². The molecule has 0 unspecified atom stereocenters. The molecule has 0 fully saturated rings. The molecule has 0 N–H and O–H groups in total. The number of likely N-dealkylation sites (N-methyl/N-ethyl adjacent to an activating group) is 1. The standard InChI is InChI=1S/C16H22N2O2/c1-12(2)14-7-6-13(3)15(10-14)20-11-16(19)18(4)9-5-8-17/h6-7,10,12H,5,9,11H2,1-4H3. The summed E-state index contributed by atoms with van der Waals surface area (Å²) in [5.74, 6) is 1.06. The molecule has 1 aromatic carbocycles. The van der Waals surface area contributed by atoms with Crippen LogP contribution in [0.15, 0.2) is 18.2 Å². The largest absolute Gasteiger partial charge is 0.483 e. The molecule has 0 atom stereocenters. The molecule has 20 heavy (non-hydrogen) atoms. The van der Waals surface area contributed by atoms with Crippen molar-refractivity contribution in [2.75, 3.05) is 20.2 Å². The monoisotopic (exact) mass is 274 g/mol. The van der Waals surface area contributed by atoms with Gasteiger partial charge in [-0.3, -0.25) is 4.79 Å². The number of benzene rings is 1. The molecule has 0 heterocycles. The number of aryl methyl sites for hydroxylation is 1. The lowest BCUT2D eigenvalue weighted by Crippen LogP contribution is -2.32. The summed E-state index contributed by atoms with van der Waals surface area (Å²) in [5, 5.41) is 8.50. The normalized spacial score (nSPS) is 10.2. The van der Waals surface area contributed by atoms with E-state index < -0.39 is 0 Å². The highest BCUT2D eigenvalue weighted by Crippen LogP contribution is 2.24. The minimum Gasteiger partial charge on any atom is -0.483 e. The number of hydrogen-bond donors (Lipinski definition) is 0. The average molecular weight is 274 g/mol. The van der Waals surface area contributed by atoms with Gasteiger partial charge in [-0.05, 0) is 30.0 Å². The zero-order valence-corrected chi connectivity index (χ0v) is 12.6. The first-order chi connectivity index (χ1) is 9.45. The second-order valence-corrected chi connectivity index (χ2v) is 5.19. The minimum atomic E-state index is -0.116. The van der Waals surface area contributed by atoms with Gasteiger partial charge in [-0.15, -0.1) is 0 Å². The Labute approximate surface area is 121 Å². The Morgan fingerprint density at radius 1 is 1.45 bits per heavy atom. The van der Waals surface area contributed by atoms with Crippen molar-refractivity contribution in [3.8, 4) is 11.8 Å². The van der Waals surface area contributed by atoms with Crippen molar-refractivity contribution < 1.29 is 9.53 Å². The van der Waals surface area contributed by atoms with Gasteiger partial charge in [0.05, 0.1) is 12.5 Å².